The molecule has 0 aliphatic heterocycles. The van der Waals surface area contributed by atoms with E-state index in [1.165, 1.54) is 24.0 Å². The number of nitrogens with zero attached hydrogens (tertiary/aromatic N) is 3. The second-order valence-corrected chi connectivity index (χ2v) is 4.56. The number of aromatic nitrogens is 1. The molecule has 0 saturated heterocycles. The predicted octanol–water partition coefficient (Wildman–Crippen LogP) is 3.30. The summed E-state index contributed by atoms with van der Waals surface area (Å²) in [7, 11) is 1.56. The van der Waals surface area contributed by atoms with Crippen molar-refractivity contribution in [3.8, 4) is 11.8 Å². The highest BCUT2D eigenvalue weighted by Crippen LogP contribution is 2.29. The average Bonchev–Trinajstić information content (AvgIpc) is 2.48. The van der Waals surface area contributed by atoms with E-state index in [-0.39, 0.29) is 22.4 Å². The molecule has 0 aliphatic carbocycles. The summed E-state index contributed by atoms with van der Waals surface area (Å²) in [4.78, 5) is 17.4. The number of hydrogen-bond donors (Lipinski definition) is 0. The van der Waals surface area contributed by atoms with Gasteiger partial charge in [0.2, 0.25) is 5.91 Å². The van der Waals surface area contributed by atoms with E-state index in [0.29, 0.717) is 11.4 Å². The molecule has 0 unspecified atom stereocenters. The van der Waals surface area contributed by atoms with E-state index in [1.54, 1.807) is 31.4 Å². The third kappa shape index (κ3) is 3.12. The van der Waals surface area contributed by atoms with Gasteiger partial charge in [-0.25, -0.2) is 4.98 Å². The van der Waals surface area contributed by atoms with E-state index >= 15 is 0 Å². The molecule has 6 heteroatoms. The van der Waals surface area contributed by atoms with E-state index in [1.807, 2.05) is 6.07 Å². The first kappa shape index (κ1) is 14.8. The van der Waals surface area contributed by atoms with Crippen LogP contribution in [0.4, 0.5) is 11.5 Å². The first-order valence-electron chi connectivity index (χ1n) is 6.08. The molecule has 1 amide bonds. The molecular weight excluding hydrogens is 290 g/mol. The highest BCUT2D eigenvalue weighted by molar-refractivity contribution is 6.29. The number of halogens is 1. The van der Waals surface area contributed by atoms with Crippen molar-refractivity contribution in [2.45, 2.75) is 6.92 Å². The SMILES string of the molecule is COc1ccc(N(C(C)=O)c2nc(Cl)ccc2C#N)cc1. The van der Waals surface area contributed by atoms with Crippen molar-refractivity contribution in [2.24, 2.45) is 0 Å². The van der Waals surface area contributed by atoms with Crippen LogP contribution in [0.1, 0.15) is 12.5 Å². The Hall–Kier alpha value is -2.58. The molecule has 2 rings (SSSR count). The van der Waals surface area contributed by atoms with Gasteiger partial charge in [0.15, 0.2) is 5.82 Å². The number of pyridine rings is 1. The lowest BCUT2D eigenvalue weighted by atomic mass is 10.2. The number of hydrogen-bond acceptors (Lipinski definition) is 4. The molecule has 2 aromatic rings. The second kappa shape index (κ2) is 6.25. The Labute approximate surface area is 127 Å². The molecule has 5 nitrogen and oxygen atoms in total. The summed E-state index contributed by atoms with van der Waals surface area (Å²) in [6, 6.07) is 11.9. The van der Waals surface area contributed by atoms with Gasteiger partial charge in [-0.05, 0) is 36.4 Å². The second-order valence-electron chi connectivity index (χ2n) is 4.17. The van der Waals surface area contributed by atoms with Gasteiger partial charge in [-0.1, -0.05) is 11.6 Å². The molecule has 0 bridgehead atoms. The lowest BCUT2D eigenvalue weighted by Crippen LogP contribution is -2.24. The fourth-order valence-corrected chi connectivity index (χ4v) is 2.01. The van der Waals surface area contributed by atoms with Gasteiger partial charge in [0.25, 0.3) is 0 Å². The van der Waals surface area contributed by atoms with Crippen molar-refractivity contribution in [3.63, 3.8) is 0 Å². The quantitative estimate of drug-likeness (QED) is 0.816. The van der Waals surface area contributed by atoms with Crippen LogP contribution in [0, 0.1) is 11.3 Å². The third-order valence-corrected chi connectivity index (χ3v) is 3.03. The van der Waals surface area contributed by atoms with Crippen LogP contribution in [0.15, 0.2) is 36.4 Å². The van der Waals surface area contributed by atoms with Crippen LogP contribution in [0.3, 0.4) is 0 Å². The molecule has 1 aromatic carbocycles. The first-order valence-corrected chi connectivity index (χ1v) is 6.46. The van der Waals surface area contributed by atoms with Gasteiger partial charge in [-0.2, -0.15) is 5.26 Å². The van der Waals surface area contributed by atoms with Crippen LogP contribution in [0.25, 0.3) is 0 Å². The summed E-state index contributed by atoms with van der Waals surface area (Å²) in [6.07, 6.45) is 0. The molecule has 1 heterocycles. The van der Waals surface area contributed by atoms with Gasteiger partial charge < -0.3 is 4.74 Å². The standard InChI is InChI=1S/C15H12ClN3O2/c1-10(20)19(12-4-6-13(21-2)7-5-12)15-11(9-17)3-8-14(16)18-15/h3-8H,1-2H3. The predicted molar refractivity (Wildman–Crippen MR) is 79.8 cm³/mol. The molecule has 21 heavy (non-hydrogen) atoms. The molecule has 0 radical (unpaired) electrons. The number of methoxy groups -OCH3 is 1. The number of carbonyl (C=O) groups excluding carboxylic acids is 1. The zero-order valence-corrected chi connectivity index (χ0v) is 12.3. The Morgan fingerprint density at radius 3 is 2.48 bits per heavy atom. The van der Waals surface area contributed by atoms with Crippen LogP contribution in [-0.2, 0) is 4.79 Å². The van der Waals surface area contributed by atoms with Crippen molar-refractivity contribution in [2.75, 3.05) is 12.0 Å². The largest absolute Gasteiger partial charge is 0.497 e. The number of anilines is 2. The van der Waals surface area contributed by atoms with E-state index in [9.17, 15) is 10.1 Å². The van der Waals surface area contributed by atoms with Gasteiger partial charge in [-0.3, -0.25) is 9.69 Å². The molecule has 106 valence electrons. The number of amides is 1. The van der Waals surface area contributed by atoms with Crippen molar-refractivity contribution in [3.05, 3.63) is 47.1 Å². The summed E-state index contributed by atoms with van der Waals surface area (Å²) < 4.78 is 5.09. The maximum atomic E-state index is 12.0. The van der Waals surface area contributed by atoms with E-state index in [4.69, 9.17) is 16.3 Å². The minimum Gasteiger partial charge on any atom is -0.497 e. The number of benzene rings is 1. The zero-order valence-electron chi connectivity index (χ0n) is 11.5. The molecule has 0 aliphatic rings. The van der Waals surface area contributed by atoms with Gasteiger partial charge in [-0.15, -0.1) is 0 Å². The topological polar surface area (TPSA) is 66.2 Å². The Balaban J connectivity index is 2.56. The Morgan fingerprint density at radius 1 is 1.29 bits per heavy atom. The van der Waals surface area contributed by atoms with Gasteiger partial charge >= 0.3 is 0 Å². The van der Waals surface area contributed by atoms with Crippen molar-refractivity contribution >= 4 is 29.0 Å². The summed E-state index contributed by atoms with van der Waals surface area (Å²) in [5.74, 6) is 0.607. The Kier molecular flexibility index (Phi) is 4.41. The van der Waals surface area contributed by atoms with E-state index in [0.717, 1.165) is 0 Å². The summed E-state index contributed by atoms with van der Waals surface area (Å²) in [6.45, 7) is 1.40. The minimum atomic E-state index is -0.272. The Bertz CT molecular complexity index is 708. The summed E-state index contributed by atoms with van der Waals surface area (Å²) in [5, 5.41) is 9.39. The highest BCUT2D eigenvalue weighted by atomic mass is 35.5. The molecule has 0 spiro atoms. The minimum absolute atomic E-state index is 0.211. The fourth-order valence-electron chi connectivity index (χ4n) is 1.87. The summed E-state index contributed by atoms with van der Waals surface area (Å²) in [5.41, 5.74) is 0.847. The number of carbonyl (C=O) groups is 1. The zero-order chi connectivity index (χ0) is 15.4. The maximum Gasteiger partial charge on any atom is 0.229 e. The highest BCUT2D eigenvalue weighted by Gasteiger charge is 2.19. The number of rotatable bonds is 3. The lowest BCUT2D eigenvalue weighted by Gasteiger charge is -2.21. The average molecular weight is 302 g/mol. The van der Waals surface area contributed by atoms with Gasteiger partial charge in [0, 0.05) is 6.92 Å². The number of nitriles is 1. The molecule has 0 fully saturated rings. The monoisotopic (exact) mass is 301 g/mol. The third-order valence-electron chi connectivity index (χ3n) is 2.82. The van der Waals surface area contributed by atoms with Crippen molar-refractivity contribution in [1.82, 2.24) is 4.98 Å². The lowest BCUT2D eigenvalue weighted by molar-refractivity contribution is -0.115. The van der Waals surface area contributed by atoms with Crippen LogP contribution >= 0.6 is 11.6 Å². The van der Waals surface area contributed by atoms with Crippen LogP contribution < -0.4 is 9.64 Å². The molecule has 0 atom stereocenters. The normalized spacial score (nSPS) is 9.81. The maximum absolute atomic E-state index is 12.0. The molecular formula is C15H12ClN3O2. The van der Waals surface area contributed by atoms with Crippen LogP contribution in [0.5, 0.6) is 5.75 Å². The summed E-state index contributed by atoms with van der Waals surface area (Å²) >= 11 is 5.88. The Morgan fingerprint density at radius 2 is 1.95 bits per heavy atom. The molecule has 0 N–H and O–H groups in total. The van der Waals surface area contributed by atoms with E-state index < -0.39 is 0 Å². The smallest absolute Gasteiger partial charge is 0.229 e. The van der Waals surface area contributed by atoms with Crippen LogP contribution in [0.2, 0.25) is 5.15 Å². The van der Waals surface area contributed by atoms with Gasteiger partial charge in [0.05, 0.1) is 18.4 Å². The first-order chi connectivity index (χ1) is 10.1. The van der Waals surface area contributed by atoms with Gasteiger partial charge in [0.1, 0.15) is 17.0 Å². The van der Waals surface area contributed by atoms with Crippen molar-refractivity contribution < 1.29 is 9.53 Å². The molecule has 1 aromatic heterocycles. The van der Waals surface area contributed by atoms with Crippen molar-refractivity contribution in [1.29, 1.82) is 5.26 Å². The number of ether oxygens (including phenoxy) is 1. The fraction of sp³-hybridized carbons (Fsp3) is 0.133. The molecule has 0 saturated carbocycles. The van der Waals surface area contributed by atoms with Crippen LogP contribution in [-0.4, -0.2) is 18.0 Å². The van der Waals surface area contributed by atoms with E-state index in [2.05, 4.69) is 4.98 Å².